The number of carbonyl (C=O) groups is 1. The molecule has 0 saturated carbocycles. The van der Waals surface area contributed by atoms with Crippen LogP contribution in [-0.4, -0.2) is 44.3 Å². The van der Waals surface area contributed by atoms with E-state index < -0.39 is 0 Å². The molecule has 2 aromatic rings. The smallest absolute Gasteiger partial charge is 0.269 e. The van der Waals surface area contributed by atoms with Crippen LogP contribution in [0.1, 0.15) is 6.42 Å². The van der Waals surface area contributed by atoms with Crippen LogP contribution in [0, 0.1) is 0 Å². The van der Waals surface area contributed by atoms with Gasteiger partial charge in [-0.05, 0) is 23.1 Å². The molecule has 3 heterocycles. The van der Waals surface area contributed by atoms with Crippen LogP contribution in [0.15, 0.2) is 16.8 Å². The highest BCUT2D eigenvalue weighted by atomic mass is 32.1. The van der Waals surface area contributed by atoms with Crippen molar-refractivity contribution in [2.75, 3.05) is 13.2 Å². The minimum absolute atomic E-state index is 0.0527. The van der Waals surface area contributed by atoms with E-state index in [0.29, 0.717) is 19.0 Å². The van der Waals surface area contributed by atoms with Crippen LogP contribution in [0.25, 0.3) is 11.4 Å². The lowest BCUT2D eigenvalue weighted by molar-refractivity contribution is -0.169. The van der Waals surface area contributed by atoms with Crippen molar-refractivity contribution in [3.8, 4) is 11.4 Å². The van der Waals surface area contributed by atoms with E-state index in [0.717, 1.165) is 12.0 Å². The first-order valence-corrected chi connectivity index (χ1v) is 6.51. The zero-order valence-electron chi connectivity index (χ0n) is 9.52. The Bertz CT molecular complexity index is 532. The first-order valence-electron chi connectivity index (χ1n) is 5.56. The highest BCUT2D eigenvalue weighted by Crippen LogP contribution is 2.16. The monoisotopic (exact) mass is 265 g/mol. The molecule has 7 nitrogen and oxygen atoms in total. The molecular weight excluding hydrogens is 254 g/mol. The summed E-state index contributed by atoms with van der Waals surface area (Å²) in [7, 11) is 0. The largest absolute Gasteiger partial charge is 0.271 e. The molecule has 1 fully saturated rings. The maximum atomic E-state index is 11.8. The van der Waals surface area contributed by atoms with Gasteiger partial charge in [-0.3, -0.25) is 9.63 Å². The number of amides is 1. The van der Waals surface area contributed by atoms with E-state index in [9.17, 15) is 4.79 Å². The Morgan fingerprint density at radius 1 is 1.56 bits per heavy atom. The van der Waals surface area contributed by atoms with Crippen molar-refractivity contribution in [1.29, 1.82) is 0 Å². The highest BCUT2D eigenvalue weighted by Gasteiger charge is 2.20. The number of nitrogens with zero attached hydrogens (tertiary/aromatic N) is 5. The predicted octanol–water partition coefficient (Wildman–Crippen LogP) is 0.565. The second kappa shape index (κ2) is 4.83. The predicted molar refractivity (Wildman–Crippen MR) is 63.4 cm³/mol. The van der Waals surface area contributed by atoms with Crippen molar-refractivity contribution in [3.05, 3.63) is 16.8 Å². The second-order valence-electron chi connectivity index (χ2n) is 3.84. The number of hydrogen-bond acceptors (Lipinski definition) is 6. The minimum Gasteiger partial charge on any atom is -0.271 e. The summed E-state index contributed by atoms with van der Waals surface area (Å²) >= 11 is 1.57. The van der Waals surface area contributed by atoms with Gasteiger partial charge < -0.3 is 0 Å². The zero-order valence-corrected chi connectivity index (χ0v) is 10.3. The summed E-state index contributed by atoms with van der Waals surface area (Å²) in [4.78, 5) is 18.2. The maximum Gasteiger partial charge on any atom is 0.269 e. The van der Waals surface area contributed by atoms with Crippen molar-refractivity contribution < 1.29 is 9.63 Å². The molecule has 1 amide bonds. The molecule has 1 aliphatic rings. The quantitative estimate of drug-likeness (QED) is 0.811. The third kappa shape index (κ3) is 2.24. The molecule has 1 aliphatic heterocycles. The average Bonchev–Trinajstić information content (AvgIpc) is 3.12. The highest BCUT2D eigenvalue weighted by molar-refractivity contribution is 7.08. The van der Waals surface area contributed by atoms with Crippen molar-refractivity contribution in [3.63, 3.8) is 0 Å². The molecule has 18 heavy (non-hydrogen) atoms. The Hall–Kier alpha value is -1.80. The Balaban J connectivity index is 1.68. The molecule has 0 aromatic carbocycles. The van der Waals surface area contributed by atoms with E-state index in [2.05, 4.69) is 15.4 Å². The molecular formula is C10H11N5O2S. The number of tetrazole rings is 1. The van der Waals surface area contributed by atoms with Crippen LogP contribution in [-0.2, 0) is 16.2 Å². The zero-order chi connectivity index (χ0) is 12.4. The van der Waals surface area contributed by atoms with Crippen LogP contribution in [0.4, 0.5) is 0 Å². The molecule has 0 radical (unpaired) electrons. The van der Waals surface area contributed by atoms with Gasteiger partial charge in [-0.1, -0.05) is 0 Å². The summed E-state index contributed by atoms with van der Waals surface area (Å²) in [6.45, 7) is 1.28. The second-order valence-corrected chi connectivity index (χ2v) is 4.62. The lowest BCUT2D eigenvalue weighted by Crippen LogP contribution is -2.30. The van der Waals surface area contributed by atoms with E-state index in [1.165, 1.54) is 9.86 Å². The molecule has 8 heteroatoms. The summed E-state index contributed by atoms with van der Waals surface area (Å²) in [5, 5.41) is 17.2. The molecule has 0 unspecified atom stereocenters. The number of hydroxylamine groups is 2. The Labute approximate surface area is 107 Å². The first-order chi connectivity index (χ1) is 8.83. The molecule has 3 rings (SSSR count). The van der Waals surface area contributed by atoms with Crippen LogP contribution < -0.4 is 0 Å². The molecule has 2 aromatic heterocycles. The summed E-state index contributed by atoms with van der Waals surface area (Å²) in [5.41, 5.74) is 0.913. The van der Waals surface area contributed by atoms with Gasteiger partial charge in [0.25, 0.3) is 5.91 Å². The van der Waals surface area contributed by atoms with Crippen LogP contribution in [0.5, 0.6) is 0 Å². The molecule has 0 aliphatic carbocycles. The van der Waals surface area contributed by atoms with Gasteiger partial charge in [0.1, 0.15) is 6.54 Å². The summed E-state index contributed by atoms with van der Waals surface area (Å²) in [6, 6.07) is 1.91. The molecule has 0 atom stereocenters. The Kier molecular flexibility index (Phi) is 3.03. The lowest BCUT2D eigenvalue weighted by Gasteiger charge is -2.12. The van der Waals surface area contributed by atoms with Crippen LogP contribution in [0.3, 0.4) is 0 Å². The fraction of sp³-hybridized carbons (Fsp3) is 0.400. The van der Waals surface area contributed by atoms with E-state index in [1.807, 2.05) is 16.8 Å². The fourth-order valence-corrected chi connectivity index (χ4v) is 2.30. The van der Waals surface area contributed by atoms with Gasteiger partial charge in [-0.15, -0.1) is 10.2 Å². The van der Waals surface area contributed by atoms with Gasteiger partial charge in [-0.25, -0.2) is 5.06 Å². The number of aromatic nitrogens is 4. The van der Waals surface area contributed by atoms with Gasteiger partial charge >= 0.3 is 0 Å². The SMILES string of the molecule is O=C(Cn1nnc(-c2ccsc2)n1)N1CCCO1. The van der Waals surface area contributed by atoms with E-state index in [4.69, 9.17) is 4.84 Å². The van der Waals surface area contributed by atoms with Gasteiger partial charge in [0, 0.05) is 10.9 Å². The standard InChI is InChI=1S/C10H11N5O2S/c16-9(14-3-1-4-17-14)6-15-12-10(11-13-15)8-2-5-18-7-8/h2,5,7H,1,3-4,6H2. The third-order valence-electron chi connectivity index (χ3n) is 2.54. The lowest BCUT2D eigenvalue weighted by atomic mass is 10.3. The van der Waals surface area contributed by atoms with Crippen molar-refractivity contribution in [2.24, 2.45) is 0 Å². The average molecular weight is 265 g/mol. The Morgan fingerprint density at radius 3 is 3.22 bits per heavy atom. The first kappa shape index (κ1) is 11.3. The van der Waals surface area contributed by atoms with Gasteiger partial charge in [0.15, 0.2) is 0 Å². The van der Waals surface area contributed by atoms with Gasteiger partial charge in [0.2, 0.25) is 5.82 Å². The maximum absolute atomic E-state index is 11.8. The van der Waals surface area contributed by atoms with E-state index >= 15 is 0 Å². The van der Waals surface area contributed by atoms with E-state index in [-0.39, 0.29) is 12.5 Å². The minimum atomic E-state index is -0.151. The van der Waals surface area contributed by atoms with Crippen LogP contribution >= 0.6 is 11.3 Å². The van der Waals surface area contributed by atoms with Crippen molar-refractivity contribution in [1.82, 2.24) is 25.3 Å². The number of thiophene rings is 1. The van der Waals surface area contributed by atoms with Gasteiger partial charge in [0.05, 0.1) is 13.2 Å². The molecule has 0 bridgehead atoms. The third-order valence-corrected chi connectivity index (χ3v) is 3.22. The van der Waals surface area contributed by atoms with Crippen LogP contribution in [0.2, 0.25) is 0 Å². The number of hydrogen-bond donors (Lipinski definition) is 0. The topological polar surface area (TPSA) is 73.1 Å². The van der Waals surface area contributed by atoms with Crippen molar-refractivity contribution >= 4 is 17.2 Å². The fourth-order valence-electron chi connectivity index (χ4n) is 1.66. The van der Waals surface area contributed by atoms with Crippen molar-refractivity contribution in [2.45, 2.75) is 13.0 Å². The Morgan fingerprint density at radius 2 is 2.50 bits per heavy atom. The van der Waals surface area contributed by atoms with E-state index in [1.54, 1.807) is 11.3 Å². The number of rotatable bonds is 3. The summed E-state index contributed by atoms with van der Waals surface area (Å²) < 4.78 is 0. The molecule has 0 spiro atoms. The molecule has 0 N–H and O–H groups in total. The number of carbonyl (C=O) groups excluding carboxylic acids is 1. The van der Waals surface area contributed by atoms with Gasteiger partial charge in [-0.2, -0.15) is 16.1 Å². The normalized spacial score (nSPS) is 15.2. The molecule has 94 valence electrons. The summed E-state index contributed by atoms with van der Waals surface area (Å²) in [6.07, 6.45) is 0.872. The summed E-state index contributed by atoms with van der Waals surface area (Å²) in [5.74, 6) is 0.383. The molecule has 1 saturated heterocycles.